The largest absolute Gasteiger partial charge is 0.463 e. The summed E-state index contributed by atoms with van der Waals surface area (Å²) in [6, 6.07) is 0.0681. The van der Waals surface area contributed by atoms with Crippen LogP contribution in [0.2, 0.25) is 0 Å². The first-order chi connectivity index (χ1) is 7.99. The van der Waals surface area contributed by atoms with Gasteiger partial charge in [-0.1, -0.05) is 13.8 Å². The van der Waals surface area contributed by atoms with Crippen LogP contribution in [0, 0.1) is 11.8 Å². The van der Waals surface area contributed by atoms with Gasteiger partial charge < -0.3 is 14.2 Å². The third kappa shape index (κ3) is 2.44. The summed E-state index contributed by atoms with van der Waals surface area (Å²) in [6.07, 6.45) is -0.432. The van der Waals surface area contributed by atoms with Gasteiger partial charge in [-0.25, -0.2) is 4.99 Å². The highest BCUT2D eigenvalue weighted by Crippen LogP contribution is 2.36. The Kier molecular flexibility index (Phi) is 3.38. The zero-order valence-corrected chi connectivity index (χ0v) is 10.7. The van der Waals surface area contributed by atoms with Crippen molar-refractivity contribution in [2.75, 3.05) is 6.61 Å². The van der Waals surface area contributed by atoms with Gasteiger partial charge in [-0.15, -0.1) is 0 Å². The molecule has 3 unspecified atom stereocenters. The summed E-state index contributed by atoms with van der Waals surface area (Å²) in [7, 11) is 0. The molecule has 0 radical (unpaired) electrons. The zero-order valence-electron chi connectivity index (χ0n) is 10.7. The number of hydrogen-bond donors (Lipinski definition) is 0. The van der Waals surface area contributed by atoms with Crippen molar-refractivity contribution in [3.8, 4) is 0 Å². The fourth-order valence-electron chi connectivity index (χ4n) is 2.35. The van der Waals surface area contributed by atoms with Gasteiger partial charge in [0.1, 0.15) is 12.6 Å². The molecule has 5 atom stereocenters. The van der Waals surface area contributed by atoms with Crippen molar-refractivity contribution in [3.63, 3.8) is 0 Å². The maximum Gasteiger partial charge on any atom is 0.302 e. The molecule has 0 bridgehead atoms. The Morgan fingerprint density at radius 1 is 1.41 bits per heavy atom. The Morgan fingerprint density at radius 2 is 2.12 bits per heavy atom. The molecule has 2 heterocycles. The predicted octanol–water partition coefficient (Wildman–Crippen LogP) is 1.36. The van der Waals surface area contributed by atoms with Gasteiger partial charge in [0.05, 0.1) is 6.10 Å². The average Bonchev–Trinajstić information content (AvgIpc) is 2.62. The second-order valence-electron chi connectivity index (χ2n) is 4.82. The minimum atomic E-state index is -0.318. The molecule has 2 aliphatic rings. The van der Waals surface area contributed by atoms with E-state index >= 15 is 0 Å². The Morgan fingerprint density at radius 3 is 2.76 bits per heavy atom. The predicted molar refractivity (Wildman–Crippen MR) is 61.6 cm³/mol. The minimum absolute atomic E-state index is 0.0681. The number of ether oxygens (including phenoxy) is 3. The van der Waals surface area contributed by atoms with Crippen LogP contribution in [0.4, 0.5) is 0 Å². The molecule has 5 nitrogen and oxygen atoms in total. The number of carbonyl (C=O) groups excluding carboxylic acids is 1. The van der Waals surface area contributed by atoms with Gasteiger partial charge in [-0.2, -0.15) is 0 Å². The lowest BCUT2D eigenvalue weighted by Crippen LogP contribution is -2.49. The number of nitrogens with zero attached hydrogens (tertiary/aromatic N) is 1. The maximum atomic E-state index is 10.8. The van der Waals surface area contributed by atoms with E-state index in [4.69, 9.17) is 14.2 Å². The summed E-state index contributed by atoms with van der Waals surface area (Å²) in [5.41, 5.74) is 0. The molecule has 96 valence electrons. The number of aliphatic imine (C=N–C) groups is 1. The van der Waals surface area contributed by atoms with Crippen LogP contribution in [0.25, 0.3) is 0 Å². The summed E-state index contributed by atoms with van der Waals surface area (Å²) in [6.45, 7) is 7.75. The molecule has 0 spiro atoms. The van der Waals surface area contributed by atoms with Crippen LogP contribution in [0.15, 0.2) is 4.99 Å². The van der Waals surface area contributed by atoms with E-state index < -0.39 is 0 Å². The van der Waals surface area contributed by atoms with Gasteiger partial charge in [0.2, 0.25) is 6.29 Å². The quantitative estimate of drug-likeness (QED) is 0.685. The van der Waals surface area contributed by atoms with Gasteiger partial charge in [0.15, 0.2) is 5.90 Å². The van der Waals surface area contributed by atoms with Gasteiger partial charge >= 0.3 is 5.97 Å². The van der Waals surface area contributed by atoms with Crippen LogP contribution in [0.5, 0.6) is 0 Å². The third-order valence-electron chi connectivity index (χ3n) is 3.61. The average molecular weight is 241 g/mol. The van der Waals surface area contributed by atoms with Gasteiger partial charge in [-0.3, -0.25) is 4.79 Å². The van der Waals surface area contributed by atoms with Crippen molar-refractivity contribution in [1.82, 2.24) is 0 Å². The smallest absolute Gasteiger partial charge is 0.302 e. The summed E-state index contributed by atoms with van der Waals surface area (Å²) < 4.78 is 16.3. The molecular weight excluding hydrogens is 222 g/mol. The lowest BCUT2D eigenvalue weighted by molar-refractivity contribution is -0.202. The van der Waals surface area contributed by atoms with Gasteiger partial charge in [0.25, 0.3) is 0 Å². The molecule has 0 N–H and O–H groups in total. The van der Waals surface area contributed by atoms with Gasteiger partial charge in [0, 0.05) is 13.8 Å². The second-order valence-corrected chi connectivity index (χ2v) is 4.82. The molecule has 0 amide bonds. The Labute approximate surface area is 101 Å². The Hall–Kier alpha value is -1.10. The van der Waals surface area contributed by atoms with Crippen molar-refractivity contribution in [2.24, 2.45) is 16.8 Å². The van der Waals surface area contributed by atoms with Crippen LogP contribution in [-0.2, 0) is 19.0 Å². The summed E-state index contributed by atoms with van der Waals surface area (Å²) >= 11 is 0. The van der Waals surface area contributed by atoms with Crippen molar-refractivity contribution in [3.05, 3.63) is 0 Å². The monoisotopic (exact) mass is 241 g/mol. The fourth-order valence-corrected chi connectivity index (χ4v) is 2.35. The molecule has 0 aromatic heterocycles. The fraction of sp³-hybridized carbons (Fsp3) is 0.833. The van der Waals surface area contributed by atoms with Crippen molar-refractivity contribution in [1.29, 1.82) is 0 Å². The van der Waals surface area contributed by atoms with Gasteiger partial charge in [-0.05, 0) is 11.8 Å². The molecule has 0 saturated carbocycles. The first-order valence-electron chi connectivity index (χ1n) is 5.99. The summed E-state index contributed by atoms with van der Waals surface area (Å²) in [5, 5.41) is 0. The van der Waals surface area contributed by atoms with E-state index in [0.717, 1.165) is 0 Å². The van der Waals surface area contributed by atoms with E-state index in [2.05, 4.69) is 18.8 Å². The lowest BCUT2D eigenvalue weighted by Gasteiger charge is -2.39. The molecule has 0 aromatic rings. The van der Waals surface area contributed by atoms with Crippen molar-refractivity contribution < 1.29 is 19.0 Å². The lowest BCUT2D eigenvalue weighted by atomic mass is 9.83. The van der Waals surface area contributed by atoms with Crippen molar-refractivity contribution >= 4 is 11.9 Å². The number of carbonyl (C=O) groups is 1. The normalized spacial score (nSPS) is 40.2. The van der Waals surface area contributed by atoms with E-state index in [0.29, 0.717) is 11.8 Å². The second kappa shape index (κ2) is 4.64. The maximum absolute atomic E-state index is 10.8. The number of esters is 1. The molecule has 17 heavy (non-hydrogen) atoms. The molecule has 1 fully saturated rings. The summed E-state index contributed by atoms with van der Waals surface area (Å²) in [5.74, 6) is 1.03. The van der Waals surface area contributed by atoms with Crippen LogP contribution in [-0.4, -0.2) is 36.9 Å². The summed E-state index contributed by atoms with van der Waals surface area (Å²) in [4.78, 5) is 15.3. The first-order valence-corrected chi connectivity index (χ1v) is 5.99. The third-order valence-corrected chi connectivity index (χ3v) is 3.61. The molecule has 2 rings (SSSR count). The number of fused-ring (bicyclic) bond motifs is 1. The SMILES string of the molecule is CC(=O)OCC1O[C@H]2OC(C)=NC2[C@@H](C)C1C. The molecule has 0 aromatic carbocycles. The van der Waals surface area contributed by atoms with Crippen molar-refractivity contribution in [2.45, 2.75) is 46.1 Å². The highest BCUT2D eigenvalue weighted by Gasteiger charge is 2.45. The number of rotatable bonds is 2. The number of hydrogen-bond acceptors (Lipinski definition) is 5. The van der Waals surface area contributed by atoms with Crippen LogP contribution < -0.4 is 0 Å². The highest BCUT2D eigenvalue weighted by molar-refractivity contribution is 5.75. The highest BCUT2D eigenvalue weighted by atomic mass is 16.7. The zero-order chi connectivity index (χ0) is 12.6. The Bertz CT molecular complexity index is 341. The van der Waals surface area contributed by atoms with E-state index in [1.807, 2.05) is 6.92 Å². The molecule has 0 aliphatic carbocycles. The topological polar surface area (TPSA) is 57.1 Å². The molecular formula is C12H19NO4. The molecule has 1 saturated heterocycles. The molecule has 5 heteroatoms. The standard InChI is InChI=1S/C12H19NO4/c1-6-7(2)11-12(16-8(3)13-11)17-10(6)5-15-9(4)14/h6-7,10-12H,5H2,1-4H3/t6?,7-,10?,11?,12+/m0/s1. The minimum Gasteiger partial charge on any atom is -0.463 e. The van der Waals surface area contributed by atoms with E-state index in [-0.39, 0.29) is 36.9 Å². The first kappa shape index (κ1) is 12.4. The van der Waals surface area contributed by atoms with Crippen LogP contribution in [0.3, 0.4) is 0 Å². The van der Waals surface area contributed by atoms with E-state index in [9.17, 15) is 4.79 Å². The molecule has 2 aliphatic heterocycles. The van der Waals surface area contributed by atoms with Crippen LogP contribution >= 0.6 is 0 Å². The Balaban J connectivity index is 2.01. The van der Waals surface area contributed by atoms with E-state index in [1.54, 1.807) is 0 Å². The van der Waals surface area contributed by atoms with E-state index in [1.165, 1.54) is 6.92 Å². The van der Waals surface area contributed by atoms with Crippen LogP contribution in [0.1, 0.15) is 27.7 Å².